The monoisotopic (exact) mass is 226 g/mol. The van der Waals surface area contributed by atoms with Gasteiger partial charge < -0.3 is 0 Å². The van der Waals surface area contributed by atoms with Gasteiger partial charge in [-0.2, -0.15) is 0 Å². The minimum atomic E-state index is -0.0296. The van der Waals surface area contributed by atoms with Gasteiger partial charge in [0.05, 0.1) is 11.4 Å². The number of benzene rings is 1. The Bertz CT molecular complexity index is 603. The first-order valence-corrected chi connectivity index (χ1v) is 5.39. The largest absolute Gasteiger partial charge is 0.284 e. The van der Waals surface area contributed by atoms with Crippen LogP contribution in [0.25, 0.3) is 5.69 Å². The van der Waals surface area contributed by atoms with E-state index < -0.39 is 0 Å². The number of aromatic nitrogens is 1. The van der Waals surface area contributed by atoms with Crippen molar-refractivity contribution in [2.75, 3.05) is 0 Å². The van der Waals surface area contributed by atoms with E-state index in [9.17, 15) is 4.79 Å². The number of nitrogens with zero attached hydrogens (tertiary/aromatic N) is 2. The third-order valence-electron chi connectivity index (χ3n) is 2.72. The highest BCUT2D eigenvalue weighted by molar-refractivity contribution is 5.58. The summed E-state index contributed by atoms with van der Waals surface area (Å²) in [7, 11) is 0. The number of rotatable bonds is 2. The molecule has 1 heterocycles. The second-order valence-electron chi connectivity index (χ2n) is 4.00. The van der Waals surface area contributed by atoms with Gasteiger partial charge in [-0.25, -0.2) is 0 Å². The van der Waals surface area contributed by atoms with Crippen LogP contribution in [0.1, 0.15) is 11.1 Å². The van der Waals surface area contributed by atoms with Crippen LogP contribution in [0.3, 0.4) is 0 Å². The predicted octanol–water partition coefficient (Wildman–Crippen LogP) is 2.79. The molecule has 2 aromatic rings. The lowest BCUT2D eigenvalue weighted by Gasteiger charge is -2.13. The van der Waals surface area contributed by atoms with Crippen molar-refractivity contribution in [2.45, 2.75) is 13.8 Å². The van der Waals surface area contributed by atoms with Gasteiger partial charge in [0.2, 0.25) is 0 Å². The van der Waals surface area contributed by atoms with Crippen molar-refractivity contribution in [3.05, 3.63) is 58.0 Å². The predicted molar refractivity (Wildman–Crippen MR) is 70.7 cm³/mol. The Morgan fingerprint density at radius 3 is 2.35 bits per heavy atom. The lowest BCUT2D eigenvalue weighted by Crippen LogP contribution is -2.17. The summed E-state index contributed by atoms with van der Waals surface area (Å²) in [4.78, 5) is 15.7. The van der Waals surface area contributed by atoms with Gasteiger partial charge in [0, 0.05) is 12.3 Å². The Hall–Kier alpha value is -2.16. The van der Waals surface area contributed by atoms with Gasteiger partial charge in [-0.3, -0.25) is 14.4 Å². The second kappa shape index (κ2) is 4.37. The van der Waals surface area contributed by atoms with Gasteiger partial charge in [-0.1, -0.05) is 6.07 Å². The minimum Gasteiger partial charge on any atom is -0.284 e. The highest BCUT2D eigenvalue weighted by Crippen LogP contribution is 2.24. The molecule has 0 amide bonds. The highest BCUT2D eigenvalue weighted by atomic mass is 16.1. The summed E-state index contributed by atoms with van der Waals surface area (Å²) in [6, 6.07) is 8.99. The number of aryl methyl sites for hydroxylation is 2. The van der Waals surface area contributed by atoms with Gasteiger partial charge in [0.25, 0.3) is 5.56 Å². The van der Waals surface area contributed by atoms with Crippen LogP contribution in [0, 0.1) is 13.8 Å². The van der Waals surface area contributed by atoms with Crippen molar-refractivity contribution in [2.24, 2.45) is 4.99 Å². The lowest BCUT2D eigenvalue weighted by atomic mass is 10.1. The molecular weight excluding hydrogens is 212 g/mol. The Balaban J connectivity index is 2.73. The number of hydrogen-bond acceptors (Lipinski definition) is 2. The van der Waals surface area contributed by atoms with E-state index in [0.717, 1.165) is 22.5 Å². The fourth-order valence-corrected chi connectivity index (χ4v) is 2.02. The van der Waals surface area contributed by atoms with Crippen LogP contribution >= 0.6 is 0 Å². The average Bonchev–Trinajstić information content (AvgIpc) is 2.30. The molecule has 3 heteroatoms. The molecule has 0 unspecified atom stereocenters. The van der Waals surface area contributed by atoms with E-state index in [1.165, 1.54) is 0 Å². The molecule has 0 fully saturated rings. The fraction of sp³-hybridized carbons (Fsp3) is 0.143. The molecule has 0 aliphatic rings. The van der Waals surface area contributed by atoms with E-state index >= 15 is 0 Å². The summed E-state index contributed by atoms with van der Waals surface area (Å²) in [5.41, 5.74) is 3.75. The molecule has 86 valence electrons. The quantitative estimate of drug-likeness (QED) is 0.725. The standard InChI is InChI=1S/C14H14N2O/c1-10-8-12(15-3)9-11(2)14(10)16-7-5-4-6-13(16)17/h4-9H,3H2,1-2H3. The first kappa shape index (κ1) is 11.3. The number of aliphatic imine (C=N–C) groups is 1. The number of hydrogen-bond donors (Lipinski definition) is 0. The van der Waals surface area contributed by atoms with Gasteiger partial charge in [0.1, 0.15) is 0 Å². The summed E-state index contributed by atoms with van der Waals surface area (Å²) >= 11 is 0. The summed E-state index contributed by atoms with van der Waals surface area (Å²) in [6.07, 6.45) is 1.78. The summed E-state index contributed by atoms with van der Waals surface area (Å²) in [5, 5.41) is 0. The molecule has 0 bridgehead atoms. The molecule has 0 spiro atoms. The van der Waals surface area contributed by atoms with Gasteiger partial charge in [0.15, 0.2) is 0 Å². The van der Waals surface area contributed by atoms with E-state index in [0.29, 0.717) is 0 Å². The van der Waals surface area contributed by atoms with Crippen LogP contribution in [-0.4, -0.2) is 11.3 Å². The van der Waals surface area contributed by atoms with Gasteiger partial charge >= 0.3 is 0 Å². The molecule has 1 aromatic heterocycles. The first-order valence-electron chi connectivity index (χ1n) is 5.39. The van der Waals surface area contributed by atoms with E-state index in [4.69, 9.17) is 0 Å². The molecular formula is C14H14N2O. The molecule has 2 rings (SSSR count). The van der Waals surface area contributed by atoms with Crippen LogP contribution in [0.15, 0.2) is 46.3 Å². The van der Waals surface area contributed by atoms with Gasteiger partial charge in [-0.05, 0) is 49.9 Å². The normalized spacial score (nSPS) is 10.2. The zero-order valence-electron chi connectivity index (χ0n) is 9.97. The Labute approximate surface area is 100 Å². The van der Waals surface area contributed by atoms with Crippen molar-refractivity contribution >= 4 is 12.4 Å². The molecule has 3 nitrogen and oxygen atoms in total. The maximum Gasteiger partial charge on any atom is 0.255 e. The zero-order chi connectivity index (χ0) is 12.4. The van der Waals surface area contributed by atoms with Crippen LogP contribution in [-0.2, 0) is 0 Å². The number of pyridine rings is 1. The van der Waals surface area contributed by atoms with Crippen LogP contribution in [0.4, 0.5) is 5.69 Å². The topological polar surface area (TPSA) is 34.4 Å². The molecule has 0 aliphatic carbocycles. The fourth-order valence-electron chi connectivity index (χ4n) is 2.02. The first-order chi connectivity index (χ1) is 8.13. The van der Waals surface area contributed by atoms with Crippen LogP contribution in [0.2, 0.25) is 0 Å². The molecule has 0 aliphatic heterocycles. The van der Waals surface area contributed by atoms with Crippen molar-refractivity contribution in [1.82, 2.24) is 4.57 Å². The van der Waals surface area contributed by atoms with Crippen LogP contribution in [0.5, 0.6) is 0 Å². The SMILES string of the molecule is C=Nc1cc(C)c(-n2ccccc2=O)c(C)c1. The van der Waals surface area contributed by atoms with Gasteiger partial charge in [-0.15, -0.1) is 0 Å². The Morgan fingerprint density at radius 2 is 1.82 bits per heavy atom. The van der Waals surface area contributed by atoms with E-state index in [1.807, 2.05) is 32.0 Å². The highest BCUT2D eigenvalue weighted by Gasteiger charge is 2.07. The van der Waals surface area contributed by atoms with Crippen LogP contribution < -0.4 is 5.56 Å². The third-order valence-corrected chi connectivity index (χ3v) is 2.72. The maximum atomic E-state index is 11.8. The molecule has 0 saturated carbocycles. The van der Waals surface area contributed by atoms with Crippen molar-refractivity contribution in [3.8, 4) is 5.69 Å². The summed E-state index contributed by atoms with van der Waals surface area (Å²) in [6.45, 7) is 7.45. The third kappa shape index (κ3) is 2.04. The lowest BCUT2D eigenvalue weighted by molar-refractivity contribution is 0.965. The van der Waals surface area contributed by atoms with E-state index in [1.54, 1.807) is 22.9 Å². The zero-order valence-corrected chi connectivity index (χ0v) is 9.97. The molecule has 0 N–H and O–H groups in total. The van der Waals surface area contributed by atoms with Crippen molar-refractivity contribution < 1.29 is 0 Å². The van der Waals surface area contributed by atoms with Crippen molar-refractivity contribution in [3.63, 3.8) is 0 Å². The maximum absolute atomic E-state index is 11.8. The van der Waals surface area contributed by atoms with E-state index in [-0.39, 0.29) is 5.56 Å². The summed E-state index contributed by atoms with van der Waals surface area (Å²) < 4.78 is 1.65. The molecule has 0 saturated heterocycles. The molecule has 0 radical (unpaired) electrons. The second-order valence-corrected chi connectivity index (χ2v) is 4.00. The average molecular weight is 226 g/mol. The van der Waals surface area contributed by atoms with Crippen molar-refractivity contribution in [1.29, 1.82) is 0 Å². The molecule has 1 aromatic carbocycles. The Morgan fingerprint density at radius 1 is 1.18 bits per heavy atom. The Kier molecular flexibility index (Phi) is 2.91. The smallest absolute Gasteiger partial charge is 0.255 e. The summed E-state index contributed by atoms with van der Waals surface area (Å²) in [5.74, 6) is 0. The molecule has 17 heavy (non-hydrogen) atoms. The minimum absolute atomic E-state index is 0.0296. The van der Waals surface area contributed by atoms with E-state index in [2.05, 4.69) is 11.7 Å². The molecule has 0 atom stereocenters.